The van der Waals surface area contributed by atoms with Crippen LogP contribution in [0.5, 0.6) is 11.5 Å². The largest absolute Gasteiger partial charge is 0.493 e. The number of hydrogen-bond donors (Lipinski definition) is 2. The predicted octanol–water partition coefficient (Wildman–Crippen LogP) is 4.16. The Morgan fingerprint density at radius 1 is 1.27 bits per heavy atom. The van der Waals surface area contributed by atoms with E-state index in [4.69, 9.17) is 21.7 Å². The summed E-state index contributed by atoms with van der Waals surface area (Å²) < 4.78 is 12.2. The molecule has 0 radical (unpaired) electrons. The number of hydrazone groups is 1. The predicted molar refractivity (Wildman–Crippen MR) is 113 cm³/mol. The van der Waals surface area contributed by atoms with Crippen molar-refractivity contribution in [3.05, 3.63) is 57.6 Å². The Morgan fingerprint density at radius 3 is 2.77 bits per heavy atom. The lowest BCUT2D eigenvalue weighted by atomic mass is 10.1. The molecule has 0 atom stereocenters. The lowest BCUT2D eigenvalue weighted by Crippen LogP contribution is -2.31. The molecule has 0 amide bonds. The third-order valence-corrected chi connectivity index (χ3v) is 4.39. The quantitative estimate of drug-likeness (QED) is 0.388. The molecule has 0 aliphatic rings. The molecule has 2 aromatic rings. The molecule has 0 bridgehead atoms. The van der Waals surface area contributed by atoms with Gasteiger partial charge in [-0.15, -0.1) is 0 Å². The smallest absolute Gasteiger partial charge is 0.186 e. The van der Waals surface area contributed by atoms with Crippen molar-refractivity contribution in [1.29, 1.82) is 0 Å². The summed E-state index contributed by atoms with van der Waals surface area (Å²) >= 11 is 8.61. The van der Waals surface area contributed by atoms with E-state index >= 15 is 0 Å². The van der Waals surface area contributed by atoms with Crippen molar-refractivity contribution in [3.63, 3.8) is 0 Å². The fraction of sp³-hybridized carbons (Fsp3) is 0.263. The first kappa shape index (κ1) is 20.2. The van der Waals surface area contributed by atoms with Gasteiger partial charge in [0.25, 0.3) is 0 Å². The summed E-state index contributed by atoms with van der Waals surface area (Å²) in [5, 5.41) is 7.57. The van der Waals surface area contributed by atoms with Crippen molar-refractivity contribution >= 4 is 39.5 Å². The van der Waals surface area contributed by atoms with Crippen molar-refractivity contribution in [2.24, 2.45) is 5.10 Å². The highest BCUT2D eigenvalue weighted by Gasteiger charge is 2.10. The molecule has 0 aliphatic heterocycles. The summed E-state index contributed by atoms with van der Waals surface area (Å²) in [6.45, 7) is 5.24. The van der Waals surface area contributed by atoms with Gasteiger partial charge in [-0.1, -0.05) is 29.8 Å². The van der Waals surface area contributed by atoms with E-state index in [-0.39, 0.29) is 0 Å². The first-order valence-electron chi connectivity index (χ1n) is 8.16. The van der Waals surface area contributed by atoms with Crippen LogP contribution in [0.3, 0.4) is 0 Å². The topological polar surface area (TPSA) is 54.9 Å². The van der Waals surface area contributed by atoms with Crippen molar-refractivity contribution in [3.8, 4) is 11.5 Å². The van der Waals surface area contributed by atoms with Crippen LogP contribution in [0.15, 0.2) is 46.0 Å². The summed E-state index contributed by atoms with van der Waals surface area (Å²) in [7, 11) is 1.61. The highest BCUT2D eigenvalue weighted by molar-refractivity contribution is 9.10. The van der Waals surface area contributed by atoms with E-state index in [1.54, 1.807) is 13.3 Å². The highest BCUT2D eigenvalue weighted by atomic mass is 79.9. The molecule has 7 heteroatoms. The molecule has 2 rings (SSSR count). The van der Waals surface area contributed by atoms with Gasteiger partial charge in [-0.05, 0) is 59.7 Å². The van der Waals surface area contributed by atoms with Crippen LogP contribution in [0.4, 0.5) is 0 Å². The van der Waals surface area contributed by atoms with Crippen LogP contribution in [0.1, 0.15) is 23.6 Å². The Labute approximate surface area is 167 Å². The van der Waals surface area contributed by atoms with Gasteiger partial charge in [-0.2, -0.15) is 5.10 Å². The minimum absolute atomic E-state index is 0.469. The van der Waals surface area contributed by atoms with Gasteiger partial charge in [-0.3, -0.25) is 5.43 Å². The van der Waals surface area contributed by atoms with Crippen LogP contribution >= 0.6 is 28.1 Å². The number of methoxy groups -OCH3 is 1. The first-order chi connectivity index (χ1) is 12.5. The number of nitrogens with zero attached hydrogens (tertiary/aromatic N) is 1. The molecule has 5 nitrogen and oxygen atoms in total. The van der Waals surface area contributed by atoms with Crippen LogP contribution in [-0.2, 0) is 6.61 Å². The third-order valence-electron chi connectivity index (χ3n) is 3.47. The van der Waals surface area contributed by atoms with Gasteiger partial charge in [-0.25, -0.2) is 0 Å². The maximum atomic E-state index is 5.93. The van der Waals surface area contributed by atoms with E-state index in [9.17, 15) is 0 Å². The molecule has 26 heavy (non-hydrogen) atoms. The second kappa shape index (κ2) is 10.1. The average molecular weight is 436 g/mol. The number of nitrogens with one attached hydrogen (secondary N) is 2. The maximum absolute atomic E-state index is 5.93. The fourth-order valence-corrected chi connectivity index (χ4v) is 2.87. The van der Waals surface area contributed by atoms with Crippen LogP contribution in [0, 0.1) is 6.92 Å². The van der Waals surface area contributed by atoms with E-state index in [2.05, 4.69) is 50.8 Å². The summed E-state index contributed by atoms with van der Waals surface area (Å²) in [6.07, 6.45) is 1.67. The van der Waals surface area contributed by atoms with E-state index < -0.39 is 0 Å². The van der Waals surface area contributed by atoms with Crippen LogP contribution in [0.25, 0.3) is 0 Å². The third kappa shape index (κ3) is 6.00. The number of ether oxygens (including phenoxy) is 2. The number of thiocarbonyl (C=S) groups is 1. The molecular formula is C19H22BrN3O2S. The first-order valence-corrected chi connectivity index (χ1v) is 9.36. The number of aryl methyl sites for hydroxylation is 1. The fourth-order valence-electron chi connectivity index (χ4n) is 2.25. The van der Waals surface area contributed by atoms with E-state index in [0.717, 1.165) is 22.1 Å². The second-order valence-corrected chi connectivity index (χ2v) is 6.79. The summed E-state index contributed by atoms with van der Waals surface area (Å²) in [6, 6.07) is 11.9. The number of halogens is 1. The summed E-state index contributed by atoms with van der Waals surface area (Å²) in [5.74, 6) is 1.30. The van der Waals surface area contributed by atoms with Crippen molar-refractivity contribution in [1.82, 2.24) is 10.7 Å². The molecule has 0 heterocycles. The molecule has 0 saturated carbocycles. The highest BCUT2D eigenvalue weighted by Crippen LogP contribution is 2.33. The zero-order valence-corrected chi connectivity index (χ0v) is 17.4. The van der Waals surface area contributed by atoms with Gasteiger partial charge in [0, 0.05) is 16.6 Å². The lowest BCUT2D eigenvalue weighted by molar-refractivity contribution is 0.284. The zero-order chi connectivity index (χ0) is 18.9. The minimum Gasteiger partial charge on any atom is -0.493 e. The normalized spacial score (nSPS) is 10.6. The standard InChI is InChI=1S/C19H22BrN3O2S/c1-4-21-19(26)23-22-11-15-9-17(24-3)18(10-16(15)20)25-12-14-7-5-6-13(2)8-14/h5-11H,4,12H2,1-3H3,(H2,21,23,26)/b22-11-. The van der Waals surface area contributed by atoms with Gasteiger partial charge >= 0.3 is 0 Å². The van der Waals surface area contributed by atoms with Crippen molar-refractivity contribution in [2.45, 2.75) is 20.5 Å². The van der Waals surface area contributed by atoms with E-state index in [1.165, 1.54) is 5.56 Å². The Hall–Kier alpha value is -2.12. The van der Waals surface area contributed by atoms with Crippen LogP contribution < -0.4 is 20.2 Å². The van der Waals surface area contributed by atoms with Gasteiger partial charge in [0.15, 0.2) is 16.6 Å². The molecule has 0 spiro atoms. The number of rotatable bonds is 7. The van der Waals surface area contributed by atoms with Gasteiger partial charge in [0.1, 0.15) is 6.61 Å². The SMILES string of the molecule is CCNC(=S)N/N=C\c1cc(OC)c(OCc2cccc(C)c2)cc1Br. The monoisotopic (exact) mass is 435 g/mol. The summed E-state index contributed by atoms with van der Waals surface area (Å²) in [4.78, 5) is 0. The van der Waals surface area contributed by atoms with Gasteiger partial charge in [0.05, 0.1) is 13.3 Å². The van der Waals surface area contributed by atoms with Crippen LogP contribution in [0.2, 0.25) is 0 Å². The number of benzene rings is 2. The molecule has 2 aromatic carbocycles. The molecule has 0 fully saturated rings. The van der Waals surface area contributed by atoms with E-state index in [1.807, 2.05) is 31.2 Å². The average Bonchev–Trinajstić information content (AvgIpc) is 2.61. The molecule has 0 saturated heterocycles. The maximum Gasteiger partial charge on any atom is 0.186 e. The Balaban J connectivity index is 2.10. The molecule has 138 valence electrons. The molecule has 0 aromatic heterocycles. The molecular weight excluding hydrogens is 414 g/mol. The van der Waals surface area contributed by atoms with Gasteiger partial charge < -0.3 is 14.8 Å². The molecule has 0 aliphatic carbocycles. The Bertz CT molecular complexity index is 796. The molecule has 0 unspecified atom stereocenters. The minimum atomic E-state index is 0.469. The Morgan fingerprint density at radius 2 is 2.08 bits per heavy atom. The van der Waals surface area contributed by atoms with Crippen LogP contribution in [-0.4, -0.2) is 25.0 Å². The van der Waals surface area contributed by atoms with Crippen molar-refractivity contribution < 1.29 is 9.47 Å². The zero-order valence-electron chi connectivity index (χ0n) is 15.0. The second-order valence-electron chi connectivity index (χ2n) is 5.53. The number of hydrogen-bond acceptors (Lipinski definition) is 4. The van der Waals surface area contributed by atoms with E-state index in [0.29, 0.717) is 23.2 Å². The Kier molecular flexibility index (Phi) is 7.87. The lowest BCUT2D eigenvalue weighted by Gasteiger charge is -2.13. The summed E-state index contributed by atoms with van der Waals surface area (Å²) in [5.41, 5.74) is 5.91. The van der Waals surface area contributed by atoms with Gasteiger partial charge in [0.2, 0.25) is 0 Å². The molecule has 2 N–H and O–H groups in total. The van der Waals surface area contributed by atoms with Crippen molar-refractivity contribution in [2.75, 3.05) is 13.7 Å².